The summed E-state index contributed by atoms with van der Waals surface area (Å²) in [5, 5.41) is 17.8. The summed E-state index contributed by atoms with van der Waals surface area (Å²) in [6, 6.07) is 16.6. The van der Waals surface area contributed by atoms with Crippen LogP contribution in [0.3, 0.4) is 0 Å². The molecule has 27 heavy (non-hydrogen) atoms. The largest absolute Gasteiger partial charge is 0.508 e. The van der Waals surface area contributed by atoms with Crippen molar-refractivity contribution in [3.8, 4) is 5.75 Å². The van der Waals surface area contributed by atoms with Gasteiger partial charge in [0.05, 0.1) is 19.2 Å². The second-order valence-corrected chi connectivity index (χ2v) is 5.82. The minimum Gasteiger partial charge on any atom is -0.508 e. The summed E-state index contributed by atoms with van der Waals surface area (Å²) in [4.78, 5) is 23.9. The molecule has 1 heterocycles. The maximum absolute atomic E-state index is 12.1. The number of benzene rings is 2. The summed E-state index contributed by atoms with van der Waals surface area (Å²) in [6.07, 6.45) is 1.61. The van der Waals surface area contributed by atoms with Crippen molar-refractivity contribution < 1.29 is 19.1 Å². The molecule has 0 saturated carbocycles. The Hall–Kier alpha value is -3.74. The van der Waals surface area contributed by atoms with E-state index in [0.29, 0.717) is 29.2 Å². The molecule has 3 amide bonds. The number of furan rings is 1. The van der Waals surface area contributed by atoms with Crippen molar-refractivity contribution >= 4 is 23.3 Å². The lowest BCUT2D eigenvalue weighted by Gasteiger charge is -2.09. The van der Waals surface area contributed by atoms with Gasteiger partial charge in [0, 0.05) is 16.9 Å². The van der Waals surface area contributed by atoms with Gasteiger partial charge >= 0.3 is 6.03 Å². The van der Waals surface area contributed by atoms with Gasteiger partial charge in [-0.2, -0.15) is 0 Å². The van der Waals surface area contributed by atoms with Crippen LogP contribution in [0.15, 0.2) is 71.3 Å². The predicted octanol–water partition coefficient (Wildman–Crippen LogP) is 3.49. The second-order valence-electron chi connectivity index (χ2n) is 5.82. The molecule has 0 aliphatic heterocycles. The summed E-state index contributed by atoms with van der Waals surface area (Å²) in [6.45, 7) is 0.291. The van der Waals surface area contributed by atoms with Crippen LogP contribution in [0.4, 0.5) is 16.2 Å². The highest BCUT2D eigenvalue weighted by atomic mass is 16.3. The van der Waals surface area contributed by atoms with Gasteiger partial charge in [-0.3, -0.25) is 4.79 Å². The van der Waals surface area contributed by atoms with Crippen LogP contribution < -0.4 is 16.0 Å². The molecule has 3 rings (SSSR count). The number of carbonyl (C=O) groups is 2. The van der Waals surface area contributed by atoms with Crippen molar-refractivity contribution in [1.82, 2.24) is 5.32 Å². The molecule has 4 N–H and O–H groups in total. The predicted molar refractivity (Wildman–Crippen MR) is 101 cm³/mol. The molecular weight excluding hydrogens is 346 g/mol. The third kappa shape index (κ3) is 5.37. The van der Waals surface area contributed by atoms with Gasteiger partial charge in [0.15, 0.2) is 0 Å². The number of amides is 3. The summed E-state index contributed by atoms with van der Waals surface area (Å²) in [5.41, 5.74) is 1.74. The first kappa shape index (κ1) is 18.1. The standard InChI is InChI=1S/C20H19N3O4/c24-18-6-2-1-4-14(18)12-19(25)22-15-7-9-16(10-8-15)23-20(26)21-13-17-5-3-11-27-17/h1-11,24H,12-13H2,(H,22,25)(H2,21,23,26). The first-order valence-electron chi connectivity index (χ1n) is 8.34. The molecule has 0 saturated heterocycles. The van der Waals surface area contributed by atoms with E-state index in [-0.39, 0.29) is 24.1 Å². The number of para-hydroxylation sites is 1. The van der Waals surface area contributed by atoms with E-state index >= 15 is 0 Å². The van der Waals surface area contributed by atoms with Crippen LogP contribution in [0.1, 0.15) is 11.3 Å². The van der Waals surface area contributed by atoms with E-state index in [1.165, 1.54) is 0 Å². The van der Waals surface area contributed by atoms with Gasteiger partial charge < -0.3 is 25.5 Å². The Morgan fingerprint density at radius 1 is 0.889 bits per heavy atom. The average Bonchev–Trinajstić information content (AvgIpc) is 3.17. The smallest absolute Gasteiger partial charge is 0.319 e. The zero-order valence-electron chi connectivity index (χ0n) is 14.4. The first-order valence-corrected chi connectivity index (χ1v) is 8.34. The molecule has 0 aliphatic rings. The van der Waals surface area contributed by atoms with Crippen LogP contribution in [0.2, 0.25) is 0 Å². The van der Waals surface area contributed by atoms with Gasteiger partial charge in [-0.1, -0.05) is 18.2 Å². The summed E-state index contributed by atoms with van der Waals surface area (Å²) < 4.78 is 5.14. The fourth-order valence-electron chi connectivity index (χ4n) is 2.43. The number of nitrogens with one attached hydrogen (secondary N) is 3. The molecule has 7 heteroatoms. The van der Waals surface area contributed by atoms with E-state index < -0.39 is 0 Å². The molecule has 1 aromatic heterocycles. The second kappa shape index (κ2) is 8.57. The van der Waals surface area contributed by atoms with Crippen molar-refractivity contribution in [3.63, 3.8) is 0 Å². The van der Waals surface area contributed by atoms with Crippen LogP contribution in [-0.2, 0) is 17.8 Å². The van der Waals surface area contributed by atoms with Gasteiger partial charge in [0.1, 0.15) is 11.5 Å². The molecular formula is C20H19N3O4. The number of phenols is 1. The van der Waals surface area contributed by atoms with Gasteiger partial charge in [0.25, 0.3) is 0 Å². The highest BCUT2D eigenvalue weighted by Gasteiger charge is 2.08. The lowest BCUT2D eigenvalue weighted by atomic mass is 10.1. The average molecular weight is 365 g/mol. The molecule has 138 valence electrons. The lowest BCUT2D eigenvalue weighted by molar-refractivity contribution is -0.115. The molecule has 0 fully saturated rings. The molecule has 0 spiro atoms. The maximum Gasteiger partial charge on any atom is 0.319 e. The van der Waals surface area contributed by atoms with Gasteiger partial charge in [-0.05, 0) is 42.5 Å². The quantitative estimate of drug-likeness (QED) is 0.537. The topological polar surface area (TPSA) is 104 Å². The number of carbonyl (C=O) groups excluding carboxylic acids is 2. The zero-order chi connectivity index (χ0) is 19.1. The monoisotopic (exact) mass is 365 g/mol. The first-order chi connectivity index (χ1) is 13.1. The van der Waals surface area contributed by atoms with E-state index in [0.717, 1.165) is 0 Å². The van der Waals surface area contributed by atoms with Crippen LogP contribution in [0.5, 0.6) is 5.75 Å². The Labute approximate surface area is 156 Å². The Morgan fingerprint density at radius 3 is 2.26 bits per heavy atom. The fraction of sp³-hybridized carbons (Fsp3) is 0.100. The summed E-state index contributed by atoms with van der Waals surface area (Å²) >= 11 is 0. The van der Waals surface area contributed by atoms with E-state index in [2.05, 4.69) is 16.0 Å². The van der Waals surface area contributed by atoms with E-state index in [1.54, 1.807) is 66.9 Å². The molecule has 0 bridgehead atoms. The highest BCUT2D eigenvalue weighted by molar-refractivity contribution is 5.93. The van der Waals surface area contributed by atoms with Crippen LogP contribution >= 0.6 is 0 Å². The van der Waals surface area contributed by atoms with Gasteiger partial charge in [-0.25, -0.2) is 4.79 Å². The lowest BCUT2D eigenvalue weighted by Crippen LogP contribution is -2.27. The van der Waals surface area contributed by atoms with Crippen LogP contribution in [-0.4, -0.2) is 17.0 Å². The minimum atomic E-state index is -0.359. The third-order valence-electron chi connectivity index (χ3n) is 3.77. The molecule has 0 aliphatic carbocycles. The Bertz CT molecular complexity index is 905. The third-order valence-corrected chi connectivity index (χ3v) is 3.77. The minimum absolute atomic E-state index is 0.0713. The van der Waals surface area contributed by atoms with Crippen molar-refractivity contribution in [1.29, 1.82) is 0 Å². The normalized spacial score (nSPS) is 10.2. The molecule has 2 aromatic carbocycles. The van der Waals surface area contributed by atoms with E-state index in [4.69, 9.17) is 4.42 Å². The SMILES string of the molecule is O=C(Cc1ccccc1O)Nc1ccc(NC(=O)NCc2ccco2)cc1. The van der Waals surface area contributed by atoms with Crippen molar-refractivity contribution in [2.45, 2.75) is 13.0 Å². The van der Waals surface area contributed by atoms with Crippen LogP contribution in [0, 0.1) is 0 Å². The Kier molecular flexibility index (Phi) is 5.73. The molecule has 0 unspecified atom stereocenters. The zero-order valence-corrected chi connectivity index (χ0v) is 14.4. The Balaban J connectivity index is 1.48. The number of aromatic hydroxyl groups is 1. The number of anilines is 2. The fourth-order valence-corrected chi connectivity index (χ4v) is 2.43. The maximum atomic E-state index is 12.1. The summed E-state index contributed by atoms with van der Waals surface area (Å²) in [7, 11) is 0. The highest BCUT2D eigenvalue weighted by Crippen LogP contribution is 2.18. The van der Waals surface area contributed by atoms with Gasteiger partial charge in [0.2, 0.25) is 5.91 Å². The number of hydrogen-bond donors (Lipinski definition) is 4. The van der Waals surface area contributed by atoms with Gasteiger partial charge in [-0.15, -0.1) is 0 Å². The van der Waals surface area contributed by atoms with E-state index in [9.17, 15) is 14.7 Å². The molecule has 0 radical (unpaired) electrons. The number of urea groups is 1. The summed E-state index contributed by atoms with van der Waals surface area (Å²) in [5.74, 6) is 0.508. The van der Waals surface area contributed by atoms with Crippen molar-refractivity contribution in [2.75, 3.05) is 10.6 Å². The number of hydrogen-bond acceptors (Lipinski definition) is 4. The molecule has 0 atom stereocenters. The molecule has 7 nitrogen and oxygen atoms in total. The van der Waals surface area contributed by atoms with E-state index in [1.807, 2.05) is 0 Å². The van der Waals surface area contributed by atoms with Crippen molar-refractivity contribution in [3.05, 3.63) is 78.3 Å². The molecule has 3 aromatic rings. The van der Waals surface area contributed by atoms with Crippen molar-refractivity contribution in [2.24, 2.45) is 0 Å². The number of rotatable bonds is 6. The Morgan fingerprint density at radius 2 is 1.59 bits per heavy atom. The van der Waals surface area contributed by atoms with Crippen LogP contribution in [0.25, 0.3) is 0 Å². The number of phenolic OH excluding ortho intramolecular Hbond substituents is 1.